The Morgan fingerprint density at radius 2 is 1.80 bits per heavy atom. The second kappa shape index (κ2) is 13.6. The molecular weight excluding hydrogens is 489 g/mol. The first-order chi connectivity index (χ1) is 14.3. The molecule has 5 nitrogen and oxygen atoms in total. The molecule has 3 rings (SSSR count). The second-order valence-electron chi connectivity index (χ2n) is 7.47. The summed E-state index contributed by atoms with van der Waals surface area (Å²) in [5, 5.41) is 3.45. The number of halogens is 1. The van der Waals surface area contributed by atoms with E-state index in [0.717, 1.165) is 38.6 Å². The van der Waals surface area contributed by atoms with Crippen molar-refractivity contribution in [3.8, 4) is 0 Å². The van der Waals surface area contributed by atoms with Gasteiger partial charge in [0.25, 0.3) is 0 Å². The van der Waals surface area contributed by atoms with Crippen LogP contribution in [0.25, 0.3) is 0 Å². The molecule has 0 saturated carbocycles. The summed E-state index contributed by atoms with van der Waals surface area (Å²) >= 11 is 0. The zero-order chi connectivity index (χ0) is 20.3. The van der Waals surface area contributed by atoms with Crippen LogP contribution < -0.4 is 5.32 Å². The molecule has 0 spiro atoms. The Balaban J connectivity index is 0.00000320. The van der Waals surface area contributed by atoms with Crippen molar-refractivity contribution in [2.75, 3.05) is 33.4 Å². The predicted octanol–water partition coefficient (Wildman–Crippen LogP) is 4.46. The first-order valence-electron chi connectivity index (χ1n) is 10.5. The molecule has 1 unspecified atom stereocenters. The fourth-order valence-corrected chi connectivity index (χ4v) is 3.69. The Kier molecular flexibility index (Phi) is 11.2. The fourth-order valence-electron chi connectivity index (χ4n) is 3.69. The largest absolute Gasteiger partial charge is 0.384 e. The Labute approximate surface area is 197 Å². The van der Waals surface area contributed by atoms with Crippen molar-refractivity contribution in [3.05, 3.63) is 71.3 Å². The molecule has 0 aliphatic carbocycles. The maximum atomic E-state index is 5.95. The number of guanidine groups is 1. The second-order valence-corrected chi connectivity index (χ2v) is 7.47. The average Bonchev–Trinajstić information content (AvgIpc) is 3.21. The molecule has 1 aliphatic heterocycles. The summed E-state index contributed by atoms with van der Waals surface area (Å²) in [6.45, 7) is 7.70. The number of aliphatic imine (C=N–C) groups is 1. The van der Waals surface area contributed by atoms with Gasteiger partial charge in [-0.2, -0.15) is 0 Å². The van der Waals surface area contributed by atoms with E-state index < -0.39 is 0 Å². The van der Waals surface area contributed by atoms with Crippen molar-refractivity contribution < 1.29 is 9.47 Å². The van der Waals surface area contributed by atoms with Gasteiger partial charge in [0.1, 0.15) is 0 Å². The maximum Gasteiger partial charge on any atom is 0.194 e. The number of nitrogens with one attached hydrogen (secondary N) is 1. The molecule has 1 aliphatic rings. The van der Waals surface area contributed by atoms with E-state index in [0.29, 0.717) is 25.7 Å². The first-order valence-corrected chi connectivity index (χ1v) is 10.5. The molecule has 6 heteroatoms. The van der Waals surface area contributed by atoms with Gasteiger partial charge in [-0.3, -0.25) is 0 Å². The van der Waals surface area contributed by atoms with Crippen LogP contribution in [0.2, 0.25) is 0 Å². The molecule has 0 amide bonds. The van der Waals surface area contributed by atoms with E-state index in [9.17, 15) is 0 Å². The van der Waals surface area contributed by atoms with Crippen LogP contribution in [0.4, 0.5) is 0 Å². The van der Waals surface area contributed by atoms with Gasteiger partial charge in [0.15, 0.2) is 5.96 Å². The minimum atomic E-state index is 0. The standard InChI is InChI=1S/C24H33N3O2.HI/c1-3-25-24(27-14-13-21(16-27)17-28-2)26-15-22-11-7-8-12-23(22)19-29-18-20-9-5-4-6-10-20;/h4-12,21H,3,13-19H2,1-2H3,(H,25,26);1H. The minimum Gasteiger partial charge on any atom is -0.384 e. The van der Waals surface area contributed by atoms with Gasteiger partial charge in [-0.05, 0) is 30.0 Å². The molecule has 1 heterocycles. The van der Waals surface area contributed by atoms with Crippen LogP contribution in [0.15, 0.2) is 59.6 Å². The normalized spacial score (nSPS) is 16.4. The van der Waals surface area contributed by atoms with Crippen LogP contribution in [0.3, 0.4) is 0 Å². The lowest BCUT2D eigenvalue weighted by atomic mass is 10.1. The monoisotopic (exact) mass is 523 g/mol. The predicted molar refractivity (Wildman–Crippen MR) is 133 cm³/mol. The number of rotatable bonds is 9. The van der Waals surface area contributed by atoms with Crippen molar-refractivity contribution in [1.82, 2.24) is 10.2 Å². The number of nitrogens with zero attached hydrogens (tertiary/aromatic N) is 2. The Bertz CT molecular complexity index is 770. The number of benzene rings is 2. The van der Waals surface area contributed by atoms with Crippen LogP contribution in [-0.4, -0.2) is 44.2 Å². The molecule has 164 valence electrons. The van der Waals surface area contributed by atoms with Gasteiger partial charge in [0.05, 0.1) is 26.4 Å². The summed E-state index contributed by atoms with van der Waals surface area (Å²) in [7, 11) is 1.78. The minimum absolute atomic E-state index is 0. The van der Waals surface area contributed by atoms with E-state index in [1.165, 1.54) is 16.7 Å². The summed E-state index contributed by atoms with van der Waals surface area (Å²) in [4.78, 5) is 7.27. The zero-order valence-electron chi connectivity index (χ0n) is 18.0. The molecule has 1 atom stereocenters. The number of likely N-dealkylation sites (tertiary alicyclic amines) is 1. The van der Waals surface area contributed by atoms with E-state index in [1.807, 2.05) is 18.2 Å². The van der Waals surface area contributed by atoms with Crippen molar-refractivity contribution in [1.29, 1.82) is 0 Å². The third-order valence-electron chi connectivity index (χ3n) is 5.21. The molecule has 1 fully saturated rings. The number of methoxy groups -OCH3 is 1. The fraction of sp³-hybridized carbons (Fsp3) is 0.458. The third kappa shape index (κ3) is 7.56. The van der Waals surface area contributed by atoms with Crippen LogP contribution in [-0.2, 0) is 29.2 Å². The van der Waals surface area contributed by atoms with E-state index in [4.69, 9.17) is 14.5 Å². The Morgan fingerprint density at radius 3 is 2.53 bits per heavy atom. The van der Waals surface area contributed by atoms with Gasteiger partial charge >= 0.3 is 0 Å². The summed E-state index contributed by atoms with van der Waals surface area (Å²) in [5.41, 5.74) is 3.60. The number of hydrogen-bond donors (Lipinski definition) is 1. The lowest BCUT2D eigenvalue weighted by Crippen LogP contribution is -2.40. The van der Waals surface area contributed by atoms with Gasteiger partial charge in [0, 0.05) is 32.7 Å². The van der Waals surface area contributed by atoms with Crippen LogP contribution in [0, 0.1) is 5.92 Å². The molecule has 0 radical (unpaired) electrons. The summed E-state index contributed by atoms with van der Waals surface area (Å²) in [6, 6.07) is 18.7. The lowest BCUT2D eigenvalue weighted by molar-refractivity contribution is 0.106. The highest BCUT2D eigenvalue weighted by molar-refractivity contribution is 14.0. The molecule has 2 aromatic carbocycles. The Hall–Kier alpha value is -1.64. The van der Waals surface area contributed by atoms with E-state index in [-0.39, 0.29) is 24.0 Å². The van der Waals surface area contributed by atoms with Crippen molar-refractivity contribution >= 4 is 29.9 Å². The molecule has 0 bridgehead atoms. The molecule has 0 aromatic heterocycles. The van der Waals surface area contributed by atoms with Crippen molar-refractivity contribution in [2.24, 2.45) is 10.9 Å². The molecule has 30 heavy (non-hydrogen) atoms. The van der Waals surface area contributed by atoms with Gasteiger partial charge in [-0.15, -0.1) is 24.0 Å². The number of ether oxygens (including phenoxy) is 2. The summed E-state index contributed by atoms with van der Waals surface area (Å²) < 4.78 is 11.3. The van der Waals surface area contributed by atoms with E-state index >= 15 is 0 Å². The smallest absolute Gasteiger partial charge is 0.194 e. The first kappa shape index (κ1) is 24.6. The van der Waals surface area contributed by atoms with E-state index in [2.05, 4.69) is 53.5 Å². The van der Waals surface area contributed by atoms with Crippen molar-refractivity contribution in [2.45, 2.75) is 33.1 Å². The molecule has 2 aromatic rings. The van der Waals surface area contributed by atoms with Gasteiger partial charge in [-0.25, -0.2) is 4.99 Å². The SMILES string of the molecule is CCNC(=NCc1ccccc1COCc1ccccc1)N1CCC(COC)C1.I. The van der Waals surface area contributed by atoms with Gasteiger partial charge < -0.3 is 19.7 Å². The lowest BCUT2D eigenvalue weighted by Gasteiger charge is -2.22. The average molecular weight is 523 g/mol. The van der Waals surface area contributed by atoms with Crippen LogP contribution >= 0.6 is 24.0 Å². The quantitative estimate of drug-likeness (QED) is 0.300. The topological polar surface area (TPSA) is 46.1 Å². The summed E-state index contributed by atoms with van der Waals surface area (Å²) in [6.07, 6.45) is 1.15. The maximum absolute atomic E-state index is 5.95. The summed E-state index contributed by atoms with van der Waals surface area (Å²) in [5.74, 6) is 1.58. The molecular formula is C24H34IN3O2. The van der Waals surface area contributed by atoms with Crippen LogP contribution in [0.1, 0.15) is 30.0 Å². The third-order valence-corrected chi connectivity index (χ3v) is 5.21. The zero-order valence-corrected chi connectivity index (χ0v) is 20.4. The molecule has 1 saturated heterocycles. The number of hydrogen-bond acceptors (Lipinski definition) is 3. The molecule has 1 N–H and O–H groups in total. The van der Waals surface area contributed by atoms with E-state index in [1.54, 1.807) is 7.11 Å². The van der Waals surface area contributed by atoms with Gasteiger partial charge in [-0.1, -0.05) is 54.6 Å². The van der Waals surface area contributed by atoms with Crippen LogP contribution in [0.5, 0.6) is 0 Å². The van der Waals surface area contributed by atoms with Gasteiger partial charge in [0.2, 0.25) is 0 Å². The highest BCUT2D eigenvalue weighted by atomic mass is 127. The van der Waals surface area contributed by atoms with Crippen molar-refractivity contribution in [3.63, 3.8) is 0 Å². The highest BCUT2D eigenvalue weighted by Gasteiger charge is 2.24. The Morgan fingerprint density at radius 1 is 1.07 bits per heavy atom. The highest BCUT2D eigenvalue weighted by Crippen LogP contribution is 2.18.